The Morgan fingerprint density at radius 2 is 1.42 bits per heavy atom. The van der Waals surface area contributed by atoms with Crippen LogP contribution in [0.5, 0.6) is 28.7 Å². The van der Waals surface area contributed by atoms with Crippen LogP contribution in [0.2, 0.25) is 0 Å². The van der Waals surface area contributed by atoms with E-state index in [9.17, 15) is 55.9 Å². The van der Waals surface area contributed by atoms with Crippen LogP contribution >= 0.6 is 0 Å². The number of ether oxygens (including phenoxy) is 4. The molecule has 0 aliphatic carbocycles. The first-order chi connectivity index (χ1) is 20.3. The number of rotatable bonds is 6. The number of phenolic OH excluding ortho intramolecular Hbond substituents is 4. The monoisotopic (exact) mass is 610 g/mol. The molecule has 2 saturated heterocycles. The summed E-state index contributed by atoms with van der Waals surface area (Å²) >= 11 is 0. The Morgan fingerprint density at radius 3 is 2.12 bits per heavy atom. The van der Waals surface area contributed by atoms with Gasteiger partial charge in [-0.25, -0.2) is 0 Å². The Kier molecular flexibility index (Phi) is 8.41. The molecule has 2 fully saturated rings. The molecule has 1 aromatic heterocycles. The van der Waals surface area contributed by atoms with E-state index in [1.54, 1.807) is 0 Å². The van der Waals surface area contributed by atoms with Gasteiger partial charge >= 0.3 is 0 Å². The lowest BCUT2D eigenvalue weighted by molar-refractivity contribution is -0.318. The first kappa shape index (κ1) is 30.7. The highest BCUT2D eigenvalue weighted by atomic mass is 16.7. The molecular formula is C27H30O16. The third-order valence-corrected chi connectivity index (χ3v) is 7.29. The first-order valence-electron chi connectivity index (χ1n) is 13.0. The summed E-state index contributed by atoms with van der Waals surface area (Å²) in [5.41, 5.74) is -1.35. The number of aliphatic hydroxyl groups is 6. The summed E-state index contributed by atoms with van der Waals surface area (Å²) in [6.07, 6.45) is -16.2. The van der Waals surface area contributed by atoms with Crippen molar-refractivity contribution in [2.24, 2.45) is 0 Å². The Labute approximate surface area is 241 Å². The Morgan fingerprint density at radius 1 is 0.744 bits per heavy atom. The van der Waals surface area contributed by atoms with Crippen molar-refractivity contribution in [1.29, 1.82) is 0 Å². The van der Waals surface area contributed by atoms with Crippen molar-refractivity contribution in [2.45, 2.75) is 68.3 Å². The normalized spacial score (nSPS) is 33.0. The van der Waals surface area contributed by atoms with Gasteiger partial charge in [-0.1, -0.05) is 0 Å². The van der Waals surface area contributed by atoms with Gasteiger partial charge in [-0.3, -0.25) is 4.79 Å². The lowest BCUT2D eigenvalue weighted by Gasteiger charge is -2.42. The summed E-state index contributed by atoms with van der Waals surface area (Å²) in [5.74, 6) is -3.33. The molecular weight excluding hydrogens is 580 g/mol. The zero-order chi connectivity index (χ0) is 31.3. The van der Waals surface area contributed by atoms with Crippen LogP contribution in [0.15, 0.2) is 39.5 Å². The van der Waals surface area contributed by atoms with E-state index in [2.05, 4.69) is 0 Å². The van der Waals surface area contributed by atoms with Gasteiger partial charge < -0.3 is 74.4 Å². The zero-order valence-corrected chi connectivity index (χ0v) is 22.3. The number of aliphatic hydroxyl groups excluding tert-OH is 6. The predicted octanol–water partition coefficient (Wildman–Crippen LogP) is -1.69. The van der Waals surface area contributed by atoms with Crippen molar-refractivity contribution in [3.8, 4) is 40.1 Å². The maximum atomic E-state index is 13.6. The highest BCUT2D eigenvalue weighted by Crippen LogP contribution is 2.39. The molecule has 2 aliphatic heterocycles. The van der Waals surface area contributed by atoms with Crippen LogP contribution in [0.25, 0.3) is 22.3 Å². The summed E-state index contributed by atoms with van der Waals surface area (Å²) in [7, 11) is 0. The molecule has 43 heavy (non-hydrogen) atoms. The molecule has 3 heterocycles. The molecule has 2 aromatic carbocycles. The molecule has 0 saturated carbocycles. The fraction of sp³-hybridized carbons (Fsp3) is 0.444. The molecule has 2 aliphatic rings. The second-order valence-corrected chi connectivity index (χ2v) is 10.3. The van der Waals surface area contributed by atoms with Gasteiger partial charge in [0.05, 0.1) is 12.7 Å². The van der Waals surface area contributed by atoms with Gasteiger partial charge in [-0.05, 0) is 25.1 Å². The summed E-state index contributed by atoms with van der Waals surface area (Å²) in [5, 5.41) is 101. The number of benzene rings is 2. The molecule has 0 bridgehead atoms. The lowest BCUT2D eigenvalue weighted by Crippen LogP contribution is -2.61. The van der Waals surface area contributed by atoms with E-state index < -0.39 is 113 Å². The molecule has 0 radical (unpaired) electrons. The molecule has 0 spiro atoms. The Hall–Kier alpha value is -3.71. The van der Waals surface area contributed by atoms with Crippen molar-refractivity contribution in [1.82, 2.24) is 0 Å². The molecule has 0 amide bonds. The minimum Gasteiger partial charge on any atom is -0.508 e. The van der Waals surface area contributed by atoms with Crippen LogP contribution in [0, 0.1) is 0 Å². The maximum Gasteiger partial charge on any atom is 0.239 e. The van der Waals surface area contributed by atoms with Gasteiger partial charge in [0, 0.05) is 17.7 Å². The van der Waals surface area contributed by atoms with E-state index in [-0.39, 0.29) is 11.1 Å². The Bertz CT molecular complexity index is 1540. The molecule has 3 aromatic rings. The van der Waals surface area contributed by atoms with Crippen molar-refractivity contribution >= 4 is 11.0 Å². The third kappa shape index (κ3) is 5.67. The van der Waals surface area contributed by atoms with Crippen molar-refractivity contribution in [3.63, 3.8) is 0 Å². The van der Waals surface area contributed by atoms with Gasteiger partial charge in [0.25, 0.3) is 0 Å². The molecule has 0 unspecified atom stereocenters. The van der Waals surface area contributed by atoms with Crippen molar-refractivity contribution in [2.75, 3.05) is 6.61 Å². The molecule has 5 rings (SSSR count). The van der Waals surface area contributed by atoms with Gasteiger partial charge in [-0.2, -0.15) is 0 Å². The van der Waals surface area contributed by atoms with E-state index in [0.29, 0.717) is 0 Å². The van der Waals surface area contributed by atoms with Crippen LogP contribution in [0.1, 0.15) is 6.92 Å². The zero-order valence-electron chi connectivity index (χ0n) is 22.3. The molecule has 234 valence electrons. The average molecular weight is 611 g/mol. The van der Waals surface area contributed by atoms with Crippen LogP contribution in [0.4, 0.5) is 0 Å². The lowest BCUT2D eigenvalue weighted by atomic mass is 9.98. The van der Waals surface area contributed by atoms with Crippen molar-refractivity contribution < 1.29 is 74.4 Å². The minimum absolute atomic E-state index is 0.0313. The number of fused-ring (bicyclic) bond motifs is 1. The highest BCUT2D eigenvalue weighted by Gasteiger charge is 2.47. The van der Waals surface area contributed by atoms with Gasteiger partial charge in [0.1, 0.15) is 65.2 Å². The average Bonchev–Trinajstić information content (AvgIpc) is 2.96. The van der Waals surface area contributed by atoms with E-state index in [1.165, 1.54) is 13.0 Å². The molecule has 16 heteroatoms. The number of hydrogen-bond donors (Lipinski definition) is 10. The second kappa shape index (κ2) is 11.8. The third-order valence-electron chi connectivity index (χ3n) is 7.29. The van der Waals surface area contributed by atoms with E-state index in [0.717, 1.165) is 24.3 Å². The van der Waals surface area contributed by atoms with E-state index >= 15 is 0 Å². The number of aromatic hydroxyl groups is 4. The quantitative estimate of drug-likeness (QED) is 0.140. The smallest absolute Gasteiger partial charge is 0.239 e. The molecule has 16 nitrogen and oxygen atoms in total. The van der Waals surface area contributed by atoms with Crippen molar-refractivity contribution in [3.05, 3.63) is 40.6 Å². The number of phenols is 4. The van der Waals surface area contributed by atoms with Crippen LogP contribution in [0.3, 0.4) is 0 Å². The predicted molar refractivity (Wildman–Crippen MR) is 140 cm³/mol. The first-order valence-corrected chi connectivity index (χ1v) is 13.0. The summed E-state index contributed by atoms with van der Waals surface area (Å²) in [4.78, 5) is 13.6. The summed E-state index contributed by atoms with van der Waals surface area (Å²) < 4.78 is 27.8. The van der Waals surface area contributed by atoms with E-state index in [1.807, 2.05) is 0 Å². The fourth-order valence-corrected chi connectivity index (χ4v) is 4.84. The SMILES string of the molecule is C[C@H]1O[C@@H](OC[C@@H]2O[C@@H](Oc3c(-c4ccc(O)c(O)c4)oc4cc(O)cc(O)c4c3=O)[C@H](O)[C@@H](O)[C@@H]2O)[C@H](O)[C@H](O)[C@@H]1O. The maximum absolute atomic E-state index is 13.6. The van der Waals surface area contributed by atoms with Crippen LogP contribution in [-0.4, -0.2) is 119 Å². The second-order valence-electron chi connectivity index (χ2n) is 10.3. The largest absolute Gasteiger partial charge is 0.508 e. The van der Waals surface area contributed by atoms with Gasteiger partial charge in [-0.15, -0.1) is 0 Å². The van der Waals surface area contributed by atoms with Gasteiger partial charge in [0.15, 0.2) is 23.5 Å². The number of hydrogen-bond acceptors (Lipinski definition) is 16. The van der Waals surface area contributed by atoms with E-state index in [4.69, 9.17) is 23.4 Å². The highest BCUT2D eigenvalue weighted by molar-refractivity contribution is 5.88. The minimum atomic E-state index is -1.97. The summed E-state index contributed by atoms with van der Waals surface area (Å²) in [6, 6.07) is 5.24. The van der Waals surface area contributed by atoms with Crippen LogP contribution in [-0.2, 0) is 14.2 Å². The molecule has 10 atom stereocenters. The fourth-order valence-electron chi connectivity index (χ4n) is 4.84. The van der Waals surface area contributed by atoms with Crippen LogP contribution < -0.4 is 10.2 Å². The van der Waals surface area contributed by atoms with Gasteiger partial charge in [0.2, 0.25) is 17.5 Å². The Balaban J connectivity index is 1.48. The molecule has 10 N–H and O–H groups in total. The topological polar surface area (TPSA) is 269 Å². The standard InChI is InChI=1S/C27H30O16/c1-8-17(32)20(35)22(37)26(40-8)39-7-15-18(33)21(36)23(38)27(42-15)43-25-19(34)16-13(31)5-10(28)6-14(16)41-24(25)9-2-3-11(29)12(30)4-9/h2-6,8,15,17-18,20-23,26-33,35-38H,7H2,1H3/t8-,15+,17-,18-,20-,21+,22-,23-,26-,27+/m1/s1. The summed E-state index contributed by atoms with van der Waals surface area (Å²) in [6.45, 7) is 0.818.